The molecule has 0 saturated heterocycles. The summed E-state index contributed by atoms with van der Waals surface area (Å²) in [5.41, 5.74) is 0. The van der Waals surface area contributed by atoms with Crippen molar-refractivity contribution in [3.05, 3.63) is 53.3 Å². The molecule has 0 aliphatic carbocycles. The van der Waals surface area contributed by atoms with Crippen LogP contribution in [0.4, 0.5) is 9.18 Å². The molecular formula is C17H17ClFNO4. The third-order valence-corrected chi connectivity index (χ3v) is 3.43. The highest BCUT2D eigenvalue weighted by molar-refractivity contribution is 6.30. The predicted molar refractivity (Wildman–Crippen MR) is 88.7 cm³/mol. The first-order valence-corrected chi connectivity index (χ1v) is 7.67. The molecule has 0 heterocycles. The zero-order valence-electron chi connectivity index (χ0n) is 13.0. The van der Waals surface area contributed by atoms with E-state index < -0.39 is 11.9 Å². The quantitative estimate of drug-likeness (QED) is 0.757. The van der Waals surface area contributed by atoms with Gasteiger partial charge < -0.3 is 19.9 Å². The van der Waals surface area contributed by atoms with Gasteiger partial charge in [0, 0.05) is 18.5 Å². The van der Waals surface area contributed by atoms with E-state index in [4.69, 9.17) is 26.2 Å². The lowest BCUT2D eigenvalue weighted by molar-refractivity contribution is 0.188. The second-order valence-corrected chi connectivity index (χ2v) is 5.54. The minimum absolute atomic E-state index is 0.00320. The Balaban J connectivity index is 1.84. The summed E-state index contributed by atoms with van der Waals surface area (Å²) < 4.78 is 24.2. The number of ether oxygens (including phenoxy) is 2. The van der Waals surface area contributed by atoms with Crippen molar-refractivity contribution in [1.82, 2.24) is 5.32 Å². The Morgan fingerprint density at radius 2 is 1.83 bits per heavy atom. The Kier molecular flexibility index (Phi) is 6.26. The zero-order valence-corrected chi connectivity index (χ0v) is 13.7. The molecule has 0 saturated carbocycles. The van der Waals surface area contributed by atoms with E-state index in [1.54, 1.807) is 31.2 Å². The molecule has 5 nitrogen and oxygen atoms in total. The lowest BCUT2D eigenvalue weighted by atomic mass is 10.2. The Bertz CT molecular complexity index is 693. The average Bonchev–Trinajstić information content (AvgIpc) is 2.52. The number of carbonyl (C=O) groups is 1. The number of hydrogen-bond acceptors (Lipinski definition) is 3. The van der Waals surface area contributed by atoms with Crippen LogP contribution in [0.3, 0.4) is 0 Å². The summed E-state index contributed by atoms with van der Waals surface area (Å²) >= 11 is 5.70. The molecule has 24 heavy (non-hydrogen) atoms. The fraction of sp³-hybridized carbons (Fsp3) is 0.235. The van der Waals surface area contributed by atoms with Gasteiger partial charge in [-0.25, -0.2) is 9.18 Å². The number of halogens is 2. The standard InChI is InChI=1S/C17H17ClFNO4/c1-11(20-17(21)22)8-9-23-12-2-4-13(5-3-12)24-14-6-7-16(19)15(18)10-14/h2-7,10-11,20H,8-9H2,1H3,(H,21,22). The van der Waals surface area contributed by atoms with Crippen LogP contribution in [0.5, 0.6) is 17.2 Å². The fourth-order valence-electron chi connectivity index (χ4n) is 1.92. The van der Waals surface area contributed by atoms with Crippen molar-refractivity contribution in [2.24, 2.45) is 0 Å². The van der Waals surface area contributed by atoms with Crippen LogP contribution in [0.1, 0.15) is 13.3 Å². The monoisotopic (exact) mass is 353 g/mol. The Hall–Kier alpha value is -2.47. The molecule has 0 aliphatic rings. The van der Waals surface area contributed by atoms with Gasteiger partial charge in [-0.05, 0) is 43.3 Å². The summed E-state index contributed by atoms with van der Waals surface area (Å²) in [6.07, 6.45) is -0.497. The van der Waals surface area contributed by atoms with Crippen molar-refractivity contribution >= 4 is 17.7 Å². The zero-order chi connectivity index (χ0) is 17.5. The molecule has 0 radical (unpaired) electrons. The Labute approximate surface area is 144 Å². The van der Waals surface area contributed by atoms with Crippen LogP contribution in [0.2, 0.25) is 5.02 Å². The molecule has 0 bridgehead atoms. The number of rotatable bonds is 7. The molecule has 2 aromatic rings. The lowest BCUT2D eigenvalue weighted by Gasteiger charge is -2.12. The molecular weight excluding hydrogens is 337 g/mol. The van der Waals surface area contributed by atoms with Crippen LogP contribution < -0.4 is 14.8 Å². The smallest absolute Gasteiger partial charge is 0.404 e. The maximum Gasteiger partial charge on any atom is 0.404 e. The molecule has 1 amide bonds. The van der Waals surface area contributed by atoms with E-state index >= 15 is 0 Å². The van der Waals surface area contributed by atoms with E-state index in [0.29, 0.717) is 30.3 Å². The van der Waals surface area contributed by atoms with Crippen LogP contribution in [0.25, 0.3) is 0 Å². The SMILES string of the molecule is CC(CCOc1ccc(Oc2ccc(F)c(Cl)c2)cc1)NC(=O)O. The largest absolute Gasteiger partial charge is 0.494 e. The van der Waals surface area contributed by atoms with Gasteiger partial charge in [-0.3, -0.25) is 0 Å². The number of carboxylic acid groups (broad SMARTS) is 1. The Morgan fingerprint density at radius 3 is 2.46 bits per heavy atom. The van der Waals surface area contributed by atoms with Crippen molar-refractivity contribution in [2.45, 2.75) is 19.4 Å². The van der Waals surface area contributed by atoms with E-state index in [9.17, 15) is 9.18 Å². The van der Waals surface area contributed by atoms with Crippen LogP contribution in [-0.2, 0) is 0 Å². The van der Waals surface area contributed by atoms with Gasteiger partial charge in [-0.2, -0.15) is 0 Å². The summed E-state index contributed by atoms with van der Waals surface area (Å²) in [6.45, 7) is 2.15. The molecule has 0 spiro atoms. The average molecular weight is 354 g/mol. The van der Waals surface area contributed by atoms with Crippen molar-refractivity contribution in [3.63, 3.8) is 0 Å². The summed E-state index contributed by atoms with van der Waals surface area (Å²) in [7, 11) is 0. The molecule has 0 aliphatic heterocycles. The molecule has 1 unspecified atom stereocenters. The highest BCUT2D eigenvalue weighted by Gasteiger charge is 2.06. The maximum absolute atomic E-state index is 13.1. The highest BCUT2D eigenvalue weighted by Crippen LogP contribution is 2.27. The van der Waals surface area contributed by atoms with Crippen molar-refractivity contribution in [3.8, 4) is 17.2 Å². The Morgan fingerprint density at radius 1 is 1.21 bits per heavy atom. The minimum Gasteiger partial charge on any atom is -0.494 e. The number of benzene rings is 2. The molecule has 128 valence electrons. The summed E-state index contributed by atoms with van der Waals surface area (Å²) in [6, 6.07) is 10.8. The van der Waals surface area contributed by atoms with Crippen LogP contribution in [-0.4, -0.2) is 23.8 Å². The van der Waals surface area contributed by atoms with Gasteiger partial charge >= 0.3 is 6.09 Å². The van der Waals surface area contributed by atoms with Gasteiger partial charge in [0.05, 0.1) is 11.6 Å². The van der Waals surface area contributed by atoms with Gasteiger partial charge in [0.25, 0.3) is 0 Å². The second-order valence-electron chi connectivity index (χ2n) is 5.14. The number of amides is 1. The second kappa shape index (κ2) is 8.40. The predicted octanol–water partition coefficient (Wildman–Crippen LogP) is 4.70. The lowest BCUT2D eigenvalue weighted by Crippen LogP contribution is -2.32. The molecule has 2 aromatic carbocycles. The summed E-state index contributed by atoms with van der Waals surface area (Å²) in [4.78, 5) is 10.5. The molecule has 1 atom stereocenters. The topological polar surface area (TPSA) is 67.8 Å². The maximum atomic E-state index is 13.1. The molecule has 2 rings (SSSR count). The first-order chi connectivity index (χ1) is 11.4. The van der Waals surface area contributed by atoms with Crippen LogP contribution in [0, 0.1) is 5.82 Å². The van der Waals surface area contributed by atoms with E-state index in [0.717, 1.165) is 0 Å². The number of hydrogen-bond donors (Lipinski definition) is 2. The molecule has 0 fully saturated rings. The van der Waals surface area contributed by atoms with Gasteiger partial charge in [-0.1, -0.05) is 11.6 Å². The van der Waals surface area contributed by atoms with Crippen molar-refractivity contribution in [2.75, 3.05) is 6.61 Å². The van der Waals surface area contributed by atoms with Gasteiger partial charge in [-0.15, -0.1) is 0 Å². The molecule has 2 N–H and O–H groups in total. The van der Waals surface area contributed by atoms with Gasteiger partial charge in [0.2, 0.25) is 0 Å². The fourth-order valence-corrected chi connectivity index (χ4v) is 2.09. The van der Waals surface area contributed by atoms with Crippen molar-refractivity contribution in [1.29, 1.82) is 0 Å². The molecule has 0 aromatic heterocycles. The normalized spacial score (nSPS) is 11.6. The van der Waals surface area contributed by atoms with Gasteiger partial charge in [0.15, 0.2) is 0 Å². The highest BCUT2D eigenvalue weighted by atomic mass is 35.5. The molecule has 7 heteroatoms. The van der Waals surface area contributed by atoms with Gasteiger partial charge in [0.1, 0.15) is 23.1 Å². The van der Waals surface area contributed by atoms with E-state index in [-0.39, 0.29) is 11.1 Å². The van der Waals surface area contributed by atoms with Crippen LogP contribution in [0.15, 0.2) is 42.5 Å². The van der Waals surface area contributed by atoms with E-state index in [1.807, 2.05) is 0 Å². The van der Waals surface area contributed by atoms with Crippen LogP contribution >= 0.6 is 11.6 Å². The summed E-state index contributed by atoms with van der Waals surface area (Å²) in [5, 5.41) is 10.9. The number of nitrogens with one attached hydrogen (secondary N) is 1. The third-order valence-electron chi connectivity index (χ3n) is 3.14. The summed E-state index contributed by atoms with van der Waals surface area (Å²) in [5.74, 6) is 1.14. The minimum atomic E-state index is -1.05. The first-order valence-electron chi connectivity index (χ1n) is 7.29. The third kappa shape index (κ3) is 5.62. The van der Waals surface area contributed by atoms with Crippen molar-refractivity contribution < 1.29 is 23.8 Å². The van der Waals surface area contributed by atoms with E-state index in [1.165, 1.54) is 18.2 Å². The van der Waals surface area contributed by atoms with E-state index in [2.05, 4.69) is 5.32 Å². The first kappa shape index (κ1) is 17.9.